The van der Waals surface area contributed by atoms with Gasteiger partial charge in [0.05, 0.1) is 6.61 Å². The van der Waals surface area contributed by atoms with Gasteiger partial charge in [-0.15, -0.1) is 11.6 Å². The molecule has 0 unspecified atom stereocenters. The highest BCUT2D eigenvalue weighted by Crippen LogP contribution is 2.21. The van der Waals surface area contributed by atoms with Crippen LogP contribution in [0.1, 0.15) is 12.0 Å². The van der Waals surface area contributed by atoms with Gasteiger partial charge < -0.3 is 4.74 Å². The number of benzene rings is 2. The fraction of sp³-hybridized carbons (Fsp3) is 0.286. The van der Waals surface area contributed by atoms with Crippen molar-refractivity contribution in [3.8, 4) is 5.75 Å². The van der Waals surface area contributed by atoms with Crippen molar-refractivity contribution < 1.29 is 4.74 Å². The Hall–Kier alpha value is -1.21. The molecule has 0 aliphatic rings. The van der Waals surface area contributed by atoms with Gasteiger partial charge in [0.25, 0.3) is 0 Å². The Morgan fingerprint density at radius 2 is 1.81 bits per heavy atom. The van der Waals surface area contributed by atoms with E-state index in [1.165, 1.54) is 16.3 Å². The van der Waals surface area contributed by atoms with Crippen molar-refractivity contribution in [1.82, 2.24) is 0 Å². The first-order valence-corrected chi connectivity index (χ1v) is 6.02. The van der Waals surface area contributed by atoms with Gasteiger partial charge in [0.1, 0.15) is 5.75 Å². The second-order valence-corrected chi connectivity index (χ2v) is 4.28. The maximum Gasteiger partial charge on any atom is 0.119 e. The summed E-state index contributed by atoms with van der Waals surface area (Å²) in [5.41, 5.74) is 1.28. The molecule has 16 heavy (non-hydrogen) atoms. The molecule has 0 spiro atoms. The molecule has 0 aliphatic carbocycles. The molecular weight excluding hydrogens is 220 g/mol. The van der Waals surface area contributed by atoms with Crippen LogP contribution in [0.5, 0.6) is 5.75 Å². The van der Waals surface area contributed by atoms with Crippen molar-refractivity contribution in [1.29, 1.82) is 0 Å². The average Bonchev–Trinajstić information content (AvgIpc) is 2.29. The quantitative estimate of drug-likeness (QED) is 0.570. The molecule has 0 amide bonds. The van der Waals surface area contributed by atoms with Crippen molar-refractivity contribution in [3.63, 3.8) is 0 Å². The first kappa shape index (κ1) is 11.3. The van der Waals surface area contributed by atoms with Crippen LogP contribution < -0.4 is 4.74 Å². The number of aryl methyl sites for hydroxylation is 1. The Labute approximate surface area is 101 Å². The van der Waals surface area contributed by atoms with Crippen LogP contribution in [0.25, 0.3) is 10.8 Å². The Morgan fingerprint density at radius 3 is 2.62 bits per heavy atom. The van der Waals surface area contributed by atoms with Gasteiger partial charge in [-0.2, -0.15) is 0 Å². The van der Waals surface area contributed by atoms with Crippen molar-refractivity contribution in [2.24, 2.45) is 0 Å². The molecule has 0 radical (unpaired) electrons. The Balaban J connectivity index is 2.20. The molecule has 0 N–H and O–H groups in total. The summed E-state index contributed by atoms with van der Waals surface area (Å²) in [5.74, 6) is 1.56. The van der Waals surface area contributed by atoms with Gasteiger partial charge in [-0.1, -0.05) is 29.8 Å². The Kier molecular flexibility index (Phi) is 3.68. The van der Waals surface area contributed by atoms with Crippen LogP contribution >= 0.6 is 11.6 Å². The molecule has 0 heterocycles. The first-order chi connectivity index (χ1) is 7.79. The minimum atomic E-state index is 0.646. The summed E-state index contributed by atoms with van der Waals surface area (Å²) >= 11 is 5.60. The standard InChI is InChI=1S/C14H15ClO/c1-11-3-4-13-10-14(16-8-2-7-15)6-5-12(13)9-11/h3-6,9-10H,2,7-8H2,1H3. The predicted octanol–water partition coefficient (Wildman–Crippen LogP) is 4.16. The molecular formula is C14H15ClO. The highest BCUT2D eigenvalue weighted by molar-refractivity contribution is 6.17. The molecule has 0 aromatic heterocycles. The first-order valence-electron chi connectivity index (χ1n) is 5.49. The zero-order valence-electron chi connectivity index (χ0n) is 9.37. The van der Waals surface area contributed by atoms with E-state index in [1.54, 1.807) is 0 Å². The number of halogens is 1. The summed E-state index contributed by atoms with van der Waals surface area (Å²) < 4.78 is 5.60. The zero-order chi connectivity index (χ0) is 11.4. The van der Waals surface area contributed by atoms with E-state index in [9.17, 15) is 0 Å². The molecule has 2 rings (SSSR count). The molecule has 2 aromatic carbocycles. The van der Waals surface area contributed by atoms with Crippen molar-refractivity contribution in [2.75, 3.05) is 12.5 Å². The van der Waals surface area contributed by atoms with Gasteiger partial charge in [0.2, 0.25) is 0 Å². The minimum Gasteiger partial charge on any atom is -0.494 e. The normalized spacial score (nSPS) is 10.6. The fourth-order valence-corrected chi connectivity index (χ4v) is 1.79. The third-order valence-electron chi connectivity index (χ3n) is 2.51. The van der Waals surface area contributed by atoms with Gasteiger partial charge in [-0.05, 0) is 36.2 Å². The van der Waals surface area contributed by atoms with E-state index in [1.807, 2.05) is 6.07 Å². The fourth-order valence-electron chi connectivity index (χ4n) is 1.68. The van der Waals surface area contributed by atoms with Gasteiger partial charge in [-0.25, -0.2) is 0 Å². The summed E-state index contributed by atoms with van der Waals surface area (Å²) in [6, 6.07) is 12.6. The topological polar surface area (TPSA) is 9.23 Å². The van der Waals surface area contributed by atoms with E-state index in [2.05, 4.69) is 37.3 Å². The molecule has 2 heteroatoms. The summed E-state index contributed by atoms with van der Waals surface area (Å²) in [6.45, 7) is 2.78. The highest BCUT2D eigenvalue weighted by Gasteiger charge is 1.97. The van der Waals surface area contributed by atoms with Crippen LogP contribution in [0.15, 0.2) is 36.4 Å². The molecule has 0 aliphatic heterocycles. The second-order valence-electron chi connectivity index (χ2n) is 3.90. The lowest BCUT2D eigenvalue weighted by atomic mass is 10.1. The van der Waals surface area contributed by atoms with Gasteiger partial charge in [0.15, 0.2) is 0 Å². The maximum absolute atomic E-state index is 5.60. The summed E-state index contributed by atoms with van der Waals surface area (Å²) in [5, 5.41) is 2.47. The molecule has 0 fully saturated rings. The maximum atomic E-state index is 5.60. The number of rotatable bonds is 4. The van der Waals surface area contributed by atoms with Crippen LogP contribution in [0.3, 0.4) is 0 Å². The summed E-state index contributed by atoms with van der Waals surface area (Å²) in [6.07, 6.45) is 0.882. The third kappa shape index (κ3) is 2.67. The van der Waals surface area contributed by atoms with E-state index < -0.39 is 0 Å². The highest BCUT2D eigenvalue weighted by atomic mass is 35.5. The van der Waals surface area contributed by atoms with Crippen LogP contribution in [0.2, 0.25) is 0 Å². The number of alkyl halides is 1. The molecule has 1 nitrogen and oxygen atoms in total. The van der Waals surface area contributed by atoms with Gasteiger partial charge >= 0.3 is 0 Å². The minimum absolute atomic E-state index is 0.646. The molecule has 2 aromatic rings. The van der Waals surface area contributed by atoms with Crippen molar-refractivity contribution in [2.45, 2.75) is 13.3 Å². The summed E-state index contributed by atoms with van der Waals surface area (Å²) in [4.78, 5) is 0. The number of ether oxygens (including phenoxy) is 1. The third-order valence-corrected chi connectivity index (χ3v) is 2.78. The van der Waals surface area contributed by atoms with E-state index in [0.29, 0.717) is 12.5 Å². The van der Waals surface area contributed by atoms with E-state index in [4.69, 9.17) is 16.3 Å². The van der Waals surface area contributed by atoms with Crippen LogP contribution in [-0.2, 0) is 0 Å². The van der Waals surface area contributed by atoms with Crippen LogP contribution in [-0.4, -0.2) is 12.5 Å². The monoisotopic (exact) mass is 234 g/mol. The number of hydrogen-bond acceptors (Lipinski definition) is 1. The van der Waals surface area contributed by atoms with Crippen molar-refractivity contribution >= 4 is 22.4 Å². The zero-order valence-corrected chi connectivity index (χ0v) is 10.1. The van der Waals surface area contributed by atoms with E-state index >= 15 is 0 Å². The van der Waals surface area contributed by atoms with Gasteiger partial charge in [-0.3, -0.25) is 0 Å². The van der Waals surface area contributed by atoms with Gasteiger partial charge in [0, 0.05) is 5.88 Å². The van der Waals surface area contributed by atoms with Crippen molar-refractivity contribution in [3.05, 3.63) is 42.0 Å². The molecule has 0 atom stereocenters. The summed E-state index contributed by atoms with van der Waals surface area (Å²) in [7, 11) is 0. The molecule has 84 valence electrons. The lowest BCUT2D eigenvalue weighted by Crippen LogP contribution is -1.97. The van der Waals surface area contributed by atoms with E-state index in [0.717, 1.165) is 12.2 Å². The van der Waals surface area contributed by atoms with Crippen LogP contribution in [0, 0.1) is 6.92 Å². The SMILES string of the molecule is Cc1ccc2cc(OCCCCl)ccc2c1. The second kappa shape index (κ2) is 5.22. The molecule has 0 saturated heterocycles. The number of fused-ring (bicyclic) bond motifs is 1. The average molecular weight is 235 g/mol. The molecule has 0 bridgehead atoms. The lowest BCUT2D eigenvalue weighted by Gasteiger charge is -2.06. The predicted molar refractivity (Wildman–Crippen MR) is 69.5 cm³/mol. The smallest absolute Gasteiger partial charge is 0.119 e. The van der Waals surface area contributed by atoms with E-state index in [-0.39, 0.29) is 0 Å². The largest absolute Gasteiger partial charge is 0.494 e. The lowest BCUT2D eigenvalue weighted by molar-refractivity contribution is 0.319. The Bertz CT molecular complexity index is 479. The molecule has 0 saturated carbocycles. The van der Waals surface area contributed by atoms with Crippen LogP contribution in [0.4, 0.5) is 0 Å². The Morgan fingerprint density at radius 1 is 1.06 bits per heavy atom. The number of hydrogen-bond donors (Lipinski definition) is 0.